The van der Waals surface area contributed by atoms with Gasteiger partial charge in [-0.3, -0.25) is 4.79 Å². The monoisotopic (exact) mass is 311 g/mol. The number of likely N-dealkylation sites (tertiary alicyclic amines) is 1. The summed E-state index contributed by atoms with van der Waals surface area (Å²) in [5.74, 6) is 0.600. The van der Waals surface area contributed by atoms with Crippen molar-refractivity contribution < 1.29 is 14.5 Å². The maximum Gasteiger partial charge on any atom is 0.223 e. The Hall–Kier alpha value is -1.26. The van der Waals surface area contributed by atoms with Gasteiger partial charge in [-0.15, -0.1) is 0 Å². The van der Waals surface area contributed by atoms with Gasteiger partial charge in [0, 0.05) is 25.3 Å². The minimum Gasteiger partial charge on any atom is -0.390 e. The Morgan fingerprint density at radius 2 is 2.29 bits per heavy atom. The number of carbonyl (C=O) groups excluding carboxylic acids is 1. The third kappa shape index (κ3) is 4.35. The molecule has 7 heteroatoms. The lowest BCUT2D eigenvalue weighted by molar-refractivity contribution is -0.131. The highest BCUT2D eigenvalue weighted by atomic mass is 31.2. The summed E-state index contributed by atoms with van der Waals surface area (Å²) in [5, 5.41) is 9.15. The van der Waals surface area contributed by atoms with Crippen LogP contribution < -0.4 is 0 Å². The van der Waals surface area contributed by atoms with Gasteiger partial charge in [0.1, 0.15) is 0 Å². The van der Waals surface area contributed by atoms with Crippen molar-refractivity contribution >= 4 is 13.0 Å². The van der Waals surface area contributed by atoms with Gasteiger partial charge in [-0.2, -0.15) is 0 Å². The number of carbonyl (C=O) groups is 1. The molecule has 0 aromatic carbocycles. The Balaban J connectivity index is 2.09. The van der Waals surface area contributed by atoms with Crippen LogP contribution in [0.15, 0.2) is 12.3 Å². The zero-order chi connectivity index (χ0) is 15.5. The average Bonchev–Trinajstić information content (AvgIpc) is 2.93. The lowest BCUT2D eigenvalue weighted by atomic mass is 10.2. The number of aliphatic hydroxyl groups excluding tert-OH is 1. The summed E-state index contributed by atoms with van der Waals surface area (Å²) in [6.07, 6.45) is 4.10. The molecule has 2 rings (SSSR count). The van der Waals surface area contributed by atoms with Crippen LogP contribution in [0.25, 0.3) is 0 Å². The van der Waals surface area contributed by atoms with Crippen LogP contribution in [-0.2, 0) is 16.0 Å². The fraction of sp³-hybridized carbons (Fsp3) is 0.643. The highest BCUT2D eigenvalue weighted by molar-refractivity contribution is 7.62. The van der Waals surface area contributed by atoms with Crippen LogP contribution in [-0.4, -0.2) is 51.9 Å². The van der Waals surface area contributed by atoms with Gasteiger partial charge in [-0.25, -0.2) is 9.97 Å². The molecular weight excluding hydrogens is 289 g/mol. The van der Waals surface area contributed by atoms with Crippen molar-refractivity contribution in [3.05, 3.63) is 23.8 Å². The molecule has 0 spiro atoms. The van der Waals surface area contributed by atoms with Gasteiger partial charge in [0.05, 0.1) is 25.5 Å². The summed E-state index contributed by atoms with van der Waals surface area (Å²) in [6, 6.07) is 1.53. The zero-order valence-electron chi connectivity index (χ0n) is 12.5. The number of aliphatic hydroxyl groups is 1. The van der Waals surface area contributed by atoms with Crippen LogP contribution in [0.4, 0.5) is 0 Å². The highest BCUT2D eigenvalue weighted by Gasteiger charge is 2.32. The highest BCUT2D eigenvalue weighted by Crippen LogP contribution is 2.37. The van der Waals surface area contributed by atoms with Gasteiger partial charge >= 0.3 is 0 Å². The lowest BCUT2D eigenvalue weighted by Crippen LogP contribution is -2.32. The van der Waals surface area contributed by atoms with Crippen molar-refractivity contribution in [1.29, 1.82) is 0 Å². The molecule has 1 aromatic rings. The number of nitrogens with zero attached hydrogens (tertiary/aromatic N) is 3. The first-order chi connectivity index (χ1) is 9.90. The zero-order valence-corrected chi connectivity index (χ0v) is 13.4. The van der Waals surface area contributed by atoms with E-state index in [9.17, 15) is 9.36 Å². The van der Waals surface area contributed by atoms with Crippen molar-refractivity contribution in [3.8, 4) is 0 Å². The van der Waals surface area contributed by atoms with Crippen molar-refractivity contribution in [1.82, 2.24) is 14.9 Å². The maximum absolute atomic E-state index is 12.3. The van der Waals surface area contributed by atoms with Crippen LogP contribution in [0, 0.1) is 0 Å². The van der Waals surface area contributed by atoms with Crippen LogP contribution in [0.3, 0.4) is 0 Å². The smallest absolute Gasteiger partial charge is 0.223 e. The van der Waals surface area contributed by atoms with Crippen LogP contribution in [0.5, 0.6) is 0 Å². The Bertz CT molecular complexity index is 558. The molecule has 0 aliphatic carbocycles. The second-order valence-corrected chi connectivity index (χ2v) is 9.45. The van der Waals surface area contributed by atoms with Gasteiger partial charge in [-0.05, 0) is 32.2 Å². The third-order valence-electron chi connectivity index (χ3n) is 3.63. The number of hydrogen-bond acceptors (Lipinski definition) is 5. The normalized spacial score (nSPS) is 19.0. The number of hydrogen-bond donors (Lipinski definition) is 1. The molecule has 1 N–H and O–H groups in total. The van der Waals surface area contributed by atoms with Gasteiger partial charge in [0.15, 0.2) is 5.82 Å². The number of amides is 1. The fourth-order valence-electron chi connectivity index (χ4n) is 2.50. The Labute approximate surface area is 125 Å². The first-order valence-corrected chi connectivity index (χ1v) is 9.95. The molecule has 1 saturated heterocycles. The van der Waals surface area contributed by atoms with E-state index in [0.29, 0.717) is 30.6 Å². The molecule has 1 aliphatic rings. The Morgan fingerprint density at radius 1 is 1.52 bits per heavy atom. The summed E-state index contributed by atoms with van der Waals surface area (Å²) >= 11 is 0. The standard InChI is InChI=1S/C14H22N3O3P/c1-21(2,20)9-6-13(19)17-8-3-4-12(17)14-15-7-5-11(10-18)16-14/h5,7,12,18H,3-4,6,8-10H2,1-2H3/t12-/m1/s1. The molecule has 116 valence electrons. The summed E-state index contributed by atoms with van der Waals surface area (Å²) in [6.45, 7) is 3.96. The Morgan fingerprint density at radius 3 is 2.95 bits per heavy atom. The molecule has 21 heavy (non-hydrogen) atoms. The maximum atomic E-state index is 12.3. The van der Waals surface area contributed by atoms with E-state index in [2.05, 4.69) is 9.97 Å². The minimum absolute atomic E-state index is 0.0134. The minimum atomic E-state index is -2.18. The van der Waals surface area contributed by atoms with Crippen LogP contribution in [0.2, 0.25) is 0 Å². The summed E-state index contributed by atoms with van der Waals surface area (Å²) in [4.78, 5) is 22.7. The van der Waals surface area contributed by atoms with Crippen molar-refractivity contribution in [2.75, 3.05) is 26.0 Å². The SMILES string of the molecule is CP(C)(=O)CCC(=O)N1CCC[C@@H]1c1nccc(CO)n1. The van der Waals surface area contributed by atoms with E-state index in [-0.39, 0.29) is 18.6 Å². The predicted molar refractivity (Wildman–Crippen MR) is 80.6 cm³/mol. The molecular formula is C14H22N3O3P. The van der Waals surface area contributed by atoms with E-state index < -0.39 is 7.14 Å². The average molecular weight is 311 g/mol. The van der Waals surface area contributed by atoms with Crippen LogP contribution >= 0.6 is 7.14 Å². The molecule has 2 heterocycles. The van der Waals surface area contributed by atoms with Crippen molar-refractivity contribution in [3.63, 3.8) is 0 Å². The molecule has 0 bridgehead atoms. The largest absolute Gasteiger partial charge is 0.390 e. The first kappa shape index (κ1) is 16.1. The van der Waals surface area contributed by atoms with Crippen molar-refractivity contribution in [2.45, 2.75) is 31.9 Å². The van der Waals surface area contributed by atoms with Crippen molar-refractivity contribution in [2.24, 2.45) is 0 Å². The third-order valence-corrected chi connectivity index (χ3v) is 4.93. The predicted octanol–water partition coefficient (Wildman–Crippen LogP) is 1.65. The lowest BCUT2D eigenvalue weighted by Gasteiger charge is -2.24. The fourth-order valence-corrected chi connectivity index (χ4v) is 3.23. The second kappa shape index (κ2) is 6.67. The molecule has 1 atom stereocenters. The van der Waals surface area contributed by atoms with E-state index in [0.717, 1.165) is 12.8 Å². The summed E-state index contributed by atoms with van der Waals surface area (Å²) in [7, 11) is -2.18. The molecule has 0 unspecified atom stereocenters. The number of aromatic nitrogens is 2. The molecule has 1 amide bonds. The summed E-state index contributed by atoms with van der Waals surface area (Å²) in [5.41, 5.74) is 0.561. The molecule has 0 radical (unpaired) electrons. The van der Waals surface area contributed by atoms with Gasteiger partial charge in [-0.1, -0.05) is 0 Å². The molecule has 1 fully saturated rings. The molecule has 0 saturated carbocycles. The van der Waals surface area contributed by atoms with Gasteiger partial charge < -0.3 is 14.6 Å². The van der Waals surface area contributed by atoms with Crippen LogP contribution in [0.1, 0.15) is 36.8 Å². The molecule has 6 nitrogen and oxygen atoms in total. The summed E-state index contributed by atoms with van der Waals surface area (Å²) < 4.78 is 11.7. The van der Waals surface area contributed by atoms with Gasteiger partial charge in [0.25, 0.3) is 0 Å². The van der Waals surface area contributed by atoms with E-state index in [1.165, 1.54) is 0 Å². The number of rotatable bonds is 5. The molecule has 1 aliphatic heterocycles. The Kier molecular flexibility index (Phi) is 5.12. The van der Waals surface area contributed by atoms with E-state index in [1.54, 1.807) is 30.5 Å². The quantitative estimate of drug-likeness (QED) is 0.836. The second-order valence-electron chi connectivity index (χ2n) is 5.86. The van der Waals surface area contributed by atoms with E-state index in [1.807, 2.05) is 0 Å². The topological polar surface area (TPSA) is 83.4 Å². The molecule has 1 aromatic heterocycles. The van der Waals surface area contributed by atoms with E-state index in [4.69, 9.17) is 5.11 Å². The van der Waals surface area contributed by atoms with E-state index >= 15 is 0 Å². The van der Waals surface area contributed by atoms with Gasteiger partial charge in [0.2, 0.25) is 5.91 Å². The first-order valence-electron chi connectivity index (χ1n) is 7.17.